The van der Waals surface area contributed by atoms with E-state index in [-0.39, 0.29) is 0 Å². The van der Waals surface area contributed by atoms with Crippen LogP contribution in [0.2, 0.25) is 0 Å². The molecule has 170 valence electrons. The molecule has 0 aliphatic rings. The molecule has 0 unspecified atom stereocenters. The van der Waals surface area contributed by atoms with Crippen LogP contribution in [0.25, 0.3) is 0 Å². The molecule has 0 fully saturated rings. The van der Waals surface area contributed by atoms with Crippen LogP contribution in [-0.4, -0.2) is 22.2 Å². The maximum Gasteiger partial charge on any atom is 0.331 e. The molecule has 4 heteroatoms. The Bertz CT molecular complexity index is 530. The number of carboxylic acids is 2. The van der Waals surface area contributed by atoms with Gasteiger partial charge in [-0.2, -0.15) is 0 Å². The molecule has 0 saturated carbocycles. The highest BCUT2D eigenvalue weighted by molar-refractivity contribution is 5.87. The summed E-state index contributed by atoms with van der Waals surface area (Å²) < 4.78 is 0. The van der Waals surface area contributed by atoms with Gasteiger partial charge in [0, 0.05) is 11.1 Å². The van der Waals surface area contributed by atoms with Crippen molar-refractivity contribution in [2.75, 3.05) is 0 Å². The van der Waals surface area contributed by atoms with Crippen LogP contribution in [0.1, 0.15) is 104 Å². The van der Waals surface area contributed by atoms with E-state index >= 15 is 0 Å². The zero-order valence-corrected chi connectivity index (χ0v) is 19.1. The third-order valence-corrected chi connectivity index (χ3v) is 5.01. The van der Waals surface area contributed by atoms with E-state index < -0.39 is 11.9 Å². The molecular formula is C26H42O4. The molecule has 2 N–H and O–H groups in total. The quantitative estimate of drug-likeness (QED) is 0.128. The van der Waals surface area contributed by atoms with Crippen LogP contribution in [0.5, 0.6) is 0 Å². The SMILES string of the molecule is CCCCC/C=C/C=C(\CCCCCC/C(=C\C=C\CCCCC)C(=O)O)C(=O)O. The van der Waals surface area contributed by atoms with Crippen molar-refractivity contribution in [1.82, 2.24) is 0 Å². The second-order valence-electron chi connectivity index (χ2n) is 7.76. The van der Waals surface area contributed by atoms with Gasteiger partial charge in [-0.05, 0) is 51.4 Å². The molecule has 0 aliphatic carbocycles. The summed E-state index contributed by atoms with van der Waals surface area (Å²) in [5.41, 5.74) is 0.891. The minimum absolute atomic E-state index is 0.445. The highest BCUT2D eigenvalue weighted by atomic mass is 16.4. The van der Waals surface area contributed by atoms with Crippen molar-refractivity contribution in [1.29, 1.82) is 0 Å². The second-order valence-corrected chi connectivity index (χ2v) is 7.76. The second kappa shape index (κ2) is 20.2. The zero-order chi connectivity index (χ0) is 22.5. The number of hydrogen-bond donors (Lipinski definition) is 2. The van der Waals surface area contributed by atoms with Gasteiger partial charge in [-0.15, -0.1) is 0 Å². The van der Waals surface area contributed by atoms with Crippen LogP contribution in [0.3, 0.4) is 0 Å². The summed E-state index contributed by atoms with van der Waals surface area (Å²) >= 11 is 0. The van der Waals surface area contributed by atoms with Gasteiger partial charge in [0.05, 0.1) is 0 Å². The number of unbranched alkanes of at least 4 members (excludes halogenated alkanes) is 9. The minimum atomic E-state index is -0.852. The molecule has 0 bridgehead atoms. The van der Waals surface area contributed by atoms with E-state index in [0.29, 0.717) is 24.0 Å². The van der Waals surface area contributed by atoms with E-state index in [9.17, 15) is 19.8 Å². The first-order valence-electron chi connectivity index (χ1n) is 11.7. The molecule has 0 rings (SSSR count). The third kappa shape index (κ3) is 16.8. The van der Waals surface area contributed by atoms with E-state index in [2.05, 4.69) is 13.8 Å². The highest BCUT2D eigenvalue weighted by Crippen LogP contribution is 2.15. The monoisotopic (exact) mass is 418 g/mol. The van der Waals surface area contributed by atoms with Crippen molar-refractivity contribution in [3.63, 3.8) is 0 Å². The summed E-state index contributed by atoms with van der Waals surface area (Å²) in [6.07, 6.45) is 24.8. The standard InChI is InChI=1S/C26H42O4/c1-3-5-7-9-11-15-19-23(25(27)28)21-17-13-14-18-22-24(26(29)30)20-16-12-10-8-6-4-2/h11-12,15-16,19-20H,3-10,13-14,17-18,21-22H2,1-2H3,(H,27,28)(H,29,30)/b15-11+,16-12+,23-19+,24-20+. The normalized spacial score (nSPS) is 12.9. The van der Waals surface area contributed by atoms with Gasteiger partial charge in [0.15, 0.2) is 0 Å². The number of carbonyl (C=O) groups is 2. The molecule has 0 heterocycles. The number of carboxylic acid groups (broad SMARTS) is 2. The fourth-order valence-corrected chi connectivity index (χ4v) is 3.09. The average molecular weight is 419 g/mol. The van der Waals surface area contributed by atoms with Crippen LogP contribution >= 0.6 is 0 Å². The van der Waals surface area contributed by atoms with Crippen LogP contribution in [0, 0.1) is 0 Å². The first-order chi connectivity index (χ1) is 14.5. The molecule has 0 aromatic rings. The number of rotatable bonds is 19. The molecule has 0 aromatic heterocycles. The van der Waals surface area contributed by atoms with Gasteiger partial charge in [0.1, 0.15) is 0 Å². The Hall–Kier alpha value is -2.10. The zero-order valence-electron chi connectivity index (χ0n) is 19.1. The van der Waals surface area contributed by atoms with Crippen molar-refractivity contribution in [2.45, 2.75) is 104 Å². The molecule has 0 radical (unpaired) electrons. The molecule has 0 aliphatic heterocycles. The van der Waals surface area contributed by atoms with Gasteiger partial charge in [0.2, 0.25) is 0 Å². The molecular weight excluding hydrogens is 376 g/mol. The number of hydrogen-bond acceptors (Lipinski definition) is 2. The lowest BCUT2D eigenvalue weighted by molar-refractivity contribution is -0.133. The molecule has 30 heavy (non-hydrogen) atoms. The molecule has 4 nitrogen and oxygen atoms in total. The summed E-state index contributed by atoms with van der Waals surface area (Å²) in [5, 5.41) is 18.6. The fraction of sp³-hybridized carbons (Fsp3) is 0.615. The lowest BCUT2D eigenvalue weighted by Gasteiger charge is -2.04. The predicted octanol–water partition coefficient (Wildman–Crippen LogP) is 7.62. The lowest BCUT2D eigenvalue weighted by Crippen LogP contribution is -2.01. The van der Waals surface area contributed by atoms with Crippen molar-refractivity contribution >= 4 is 11.9 Å². The summed E-state index contributed by atoms with van der Waals surface area (Å²) in [5.74, 6) is -1.70. The summed E-state index contributed by atoms with van der Waals surface area (Å²) in [6, 6.07) is 0. The van der Waals surface area contributed by atoms with E-state index in [0.717, 1.165) is 51.4 Å². The van der Waals surface area contributed by atoms with Crippen molar-refractivity contribution < 1.29 is 19.8 Å². The fourth-order valence-electron chi connectivity index (χ4n) is 3.09. The molecule has 0 saturated heterocycles. The van der Waals surface area contributed by atoms with Crippen LogP contribution in [-0.2, 0) is 9.59 Å². The van der Waals surface area contributed by atoms with Crippen LogP contribution < -0.4 is 0 Å². The highest BCUT2D eigenvalue weighted by Gasteiger charge is 2.07. The van der Waals surface area contributed by atoms with Gasteiger partial charge >= 0.3 is 11.9 Å². The van der Waals surface area contributed by atoms with Crippen molar-refractivity contribution in [2.24, 2.45) is 0 Å². The van der Waals surface area contributed by atoms with Crippen LogP contribution in [0.15, 0.2) is 47.6 Å². The van der Waals surface area contributed by atoms with Gasteiger partial charge in [-0.1, -0.05) is 88.8 Å². The molecule has 0 atom stereocenters. The Morgan fingerprint density at radius 2 is 1.00 bits per heavy atom. The summed E-state index contributed by atoms with van der Waals surface area (Å²) in [7, 11) is 0. The third-order valence-electron chi connectivity index (χ3n) is 5.01. The van der Waals surface area contributed by atoms with Crippen molar-refractivity contribution in [3.8, 4) is 0 Å². The smallest absolute Gasteiger partial charge is 0.331 e. The number of aliphatic carboxylic acids is 2. The Balaban J connectivity index is 4.18. The first-order valence-corrected chi connectivity index (χ1v) is 11.7. The Morgan fingerprint density at radius 1 is 0.600 bits per heavy atom. The van der Waals surface area contributed by atoms with Crippen molar-refractivity contribution in [3.05, 3.63) is 47.6 Å². The van der Waals surface area contributed by atoms with Gasteiger partial charge in [-0.25, -0.2) is 9.59 Å². The van der Waals surface area contributed by atoms with E-state index in [1.54, 1.807) is 12.2 Å². The Labute approximate surface area is 183 Å². The molecule has 0 spiro atoms. The van der Waals surface area contributed by atoms with Crippen LogP contribution in [0.4, 0.5) is 0 Å². The van der Waals surface area contributed by atoms with Gasteiger partial charge < -0.3 is 10.2 Å². The van der Waals surface area contributed by atoms with E-state index in [4.69, 9.17) is 0 Å². The maximum atomic E-state index is 11.4. The van der Waals surface area contributed by atoms with E-state index in [1.807, 2.05) is 24.3 Å². The molecule has 0 amide bonds. The largest absolute Gasteiger partial charge is 0.478 e. The molecule has 0 aromatic carbocycles. The average Bonchev–Trinajstić information content (AvgIpc) is 2.71. The lowest BCUT2D eigenvalue weighted by atomic mass is 10.0. The topological polar surface area (TPSA) is 74.6 Å². The van der Waals surface area contributed by atoms with E-state index in [1.165, 1.54) is 25.7 Å². The summed E-state index contributed by atoms with van der Waals surface area (Å²) in [4.78, 5) is 22.7. The summed E-state index contributed by atoms with van der Waals surface area (Å²) in [6.45, 7) is 4.33. The Kier molecular flexibility index (Phi) is 18.8. The maximum absolute atomic E-state index is 11.4. The minimum Gasteiger partial charge on any atom is -0.478 e. The van der Waals surface area contributed by atoms with Gasteiger partial charge in [-0.3, -0.25) is 0 Å². The number of allylic oxidation sites excluding steroid dienone is 6. The van der Waals surface area contributed by atoms with Gasteiger partial charge in [0.25, 0.3) is 0 Å². The first kappa shape index (κ1) is 27.9. The predicted molar refractivity (Wildman–Crippen MR) is 126 cm³/mol. The Morgan fingerprint density at radius 3 is 1.33 bits per heavy atom.